The minimum absolute atomic E-state index is 0.0202. The van der Waals surface area contributed by atoms with E-state index in [0.717, 1.165) is 5.75 Å². The van der Waals surface area contributed by atoms with E-state index in [0.29, 0.717) is 29.6 Å². The summed E-state index contributed by atoms with van der Waals surface area (Å²) >= 11 is 0. The summed E-state index contributed by atoms with van der Waals surface area (Å²) in [5.41, 5.74) is 0.622. The highest BCUT2D eigenvalue weighted by atomic mass is 16.5. The number of rotatable bonds is 6. The van der Waals surface area contributed by atoms with Gasteiger partial charge in [-0.3, -0.25) is 14.9 Å². The van der Waals surface area contributed by atoms with Gasteiger partial charge in [0.1, 0.15) is 17.5 Å². The number of anilines is 2. The van der Waals surface area contributed by atoms with Crippen LogP contribution in [0.15, 0.2) is 54.6 Å². The van der Waals surface area contributed by atoms with Crippen LogP contribution in [0.1, 0.15) is 25.2 Å². The zero-order valence-electron chi connectivity index (χ0n) is 15.3. The number of para-hydroxylation sites is 1. The number of carbonyl (C=O) groups is 2. The Labute approximate surface area is 161 Å². The molecule has 2 N–H and O–H groups in total. The molecular formula is C20H19N5O3. The molecule has 1 atom stereocenters. The molecule has 0 saturated heterocycles. The zero-order valence-corrected chi connectivity index (χ0v) is 15.3. The van der Waals surface area contributed by atoms with Crippen LogP contribution >= 0.6 is 0 Å². The molecule has 0 spiro atoms. The van der Waals surface area contributed by atoms with Crippen molar-refractivity contribution in [3.63, 3.8) is 0 Å². The first kappa shape index (κ1) is 17.7. The molecule has 142 valence electrons. The van der Waals surface area contributed by atoms with Crippen molar-refractivity contribution < 1.29 is 14.3 Å². The number of ether oxygens (including phenoxy) is 1. The van der Waals surface area contributed by atoms with Crippen molar-refractivity contribution in [1.29, 1.82) is 0 Å². The number of hydrogen-bond donors (Lipinski definition) is 2. The molecule has 2 amide bonds. The molecule has 0 saturated carbocycles. The Hall–Kier alpha value is -3.68. The summed E-state index contributed by atoms with van der Waals surface area (Å²) in [6.07, 6.45) is 0.639. The molecule has 1 aromatic heterocycles. The Kier molecular flexibility index (Phi) is 4.76. The van der Waals surface area contributed by atoms with E-state index in [4.69, 9.17) is 4.74 Å². The summed E-state index contributed by atoms with van der Waals surface area (Å²) in [7, 11) is 0. The van der Waals surface area contributed by atoms with Gasteiger partial charge >= 0.3 is 0 Å². The summed E-state index contributed by atoms with van der Waals surface area (Å²) < 4.78 is 7.21. The summed E-state index contributed by atoms with van der Waals surface area (Å²) in [6.45, 7) is 1.93. The molecule has 2 aromatic carbocycles. The van der Waals surface area contributed by atoms with E-state index in [1.807, 2.05) is 37.3 Å². The van der Waals surface area contributed by atoms with Crippen molar-refractivity contribution in [1.82, 2.24) is 14.8 Å². The third-order valence-corrected chi connectivity index (χ3v) is 4.32. The van der Waals surface area contributed by atoms with Gasteiger partial charge in [-0.2, -0.15) is 10.1 Å². The highest BCUT2D eigenvalue weighted by Crippen LogP contribution is 2.26. The molecule has 0 radical (unpaired) electrons. The fourth-order valence-electron chi connectivity index (χ4n) is 2.92. The van der Waals surface area contributed by atoms with Gasteiger partial charge in [0.15, 0.2) is 5.82 Å². The average Bonchev–Trinajstić information content (AvgIpc) is 3.22. The molecule has 1 aliphatic rings. The van der Waals surface area contributed by atoms with Crippen LogP contribution in [-0.4, -0.2) is 26.6 Å². The van der Waals surface area contributed by atoms with Gasteiger partial charge < -0.3 is 10.1 Å². The van der Waals surface area contributed by atoms with Crippen molar-refractivity contribution in [2.75, 3.05) is 10.6 Å². The smallest absolute Gasteiger partial charge is 0.252 e. The zero-order chi connectivity index (χ0) is 19.5. The number of benzene rings is 2. The van der Waals surface area contributed by atoms with Gasteiger partial charge in [-0.1, -0.05) is 25.1 Å². The molecule has 8 nitrogen and oxygen atoms in total. The summed E-state index contributed by atoms with van der Waals surface area (Å²) in [5, 5.41) is 9.73. The molecular weight excluding hydrogens is 358 g/mol. The number of nitrogens with zero attached hydrogens (tertiary/aromatic N) is 3. The van der Waals surface area contributed by atoms with Crippen LogP contribution in [-0.2, 0) is 16.0 Å². The van der Waals surface area contributed by atoms with Crippen LogP contribution in [0.25, 0.3) is 0 Å². The first-order valence-electron chi connectivity index (χ1n) is 9.01. The highest BCUT2D eigenvalue weighted by Gasteiger charge is 2.34. The van der Waals surface area contributed by atoms with E-state index in [-0.39, 0.29) is 18.2 Å². The van der Waals surface area contributed by atoms with Gasteiger partial charge in [0.05, 0.1) is 6.42 Å². The SMILES string of the molecule is CCc1nc2n(n1)[C@H](CC(=O)Nc1ccc(Oc3ccccc3)cc1)C(=O)N2. The third kappa shape index (κ3) is 3.71. The minimum Gasteiger partial charge on any atom is -0.457 e. The lowest BCUT2D eigenvalue weighted by molar-refractivity contribution is -0.123. The third-order valence-electron chi connectivity index (χ3n) is 4.32. The maximum atomic E-state index is 12.4. The molecule has 3 aromatic rings. The lowest BCUT2D eigenvalue weighted by atomic mass is 10.2. The second-order valence-corrected chi connectivity index (χ2v) is 6.35. The summed E-state index contributed by atoms with van der Waals surface area (Å²) in [6, 6.07) is 15.8. The number of aryl methyl sites for hydroxylation is 1. The van der Waals surface area contributed by atoms with Crippen molar-refractivity contribution in [2.24, 2.45) is 0 Å². The van der Waals surface area contributed by atoms with Crippen molar-refractivity contribution in [3.8, 4) is 11.5 Å². The molecule has 4 rings (SSSR count). The van der Waals surface area contributed by atoms with Crippen molar-refractivity contribution in [2.45, 2.75) is 25.8 Å². The first-order valence-corrected chi connectivity index (χ1v) is 9.01. The Morgan fingerprint density at radius 3 is 2.57 bits per heavy atom. The summed E-state index contributed by atoms with van der Waals surface area (Å²) in [5.74, 6) is 1.87. The van der Waals surface area contributed by atoms with Crippen LogP contribution in [0.4, 0.5) is 11.6 Å². The molecule has 0 unspecified atom stereocenters. The molecule has 0 fully saturated rings. The number of amides is 2. The molecule has 0 aliphatic carbocycles. The maximum absolute atomic E-state index is 12.4. The Balaban J connectivity index is 1.38. The van der Waals surface area contributed by atoms with Crippen LogP contribution in [0.2, 0.25) is 0 Å². The van der Waals surface area contributed by atoms with E-state index in [9.17, 15) is 9.59 Å². The molecule has 8 heteroatoms. The molecule has 28 heavy (non-hydrogen) atoms. The number of fused-ring (bicyclic) bond motifs is 1. The lowest BCUT2D eigenvalue weighted by Gasteiger charge is -2.10. The molecule has 0 bridgehead atoms. The minimum atomic E-state index is -0.691. The fourth-order valence-corrected chi connectivity index (χ4v) is 2.92. The average molecular weight is 377 g/mol. The van der Waals surface area contributed by atoms with Crippen LogP contribution in [0.3, 0.4) is 0 Å². The van der Waals surface area contributed by atoms with Gasteiger partial charge in [-0.05, 0) is 36.4 Å². The topological polar surface area (TPSA) is 98.1 Å². The largest absolute Gasteiger partial charge is 0.457 e. The number of aromatic nitrogens is 3. The number of nitrogens with one attached hydrogen (secondary N) is 2. The maximum Gasteiger partial charge on any atom is 0.252 e. The van der Waals surface area contributed by atoms with E-state index >= 15 is 0 Å². The Morgan fingerprint density at radius 2 is 1.86 bits per heavy atom. The summed E-state index contributed by atoms with van der Waals surface area (Å²) in [4.78, 5) is 28.7. The van der Waals surface area contributed by atoms with Gasteiger partial charge in [0, 0.05) is 12.1 Å². The number of carbonyl (C=O) groups excluding carboxylic acids is 2. The second-order valence-electron chi connectivity index (χ2n) is 6.35. The van der Waals surface area contributed by atoms with Crippen LogP contribution in [0, 0.1) is 0 Å². The normalized spacial score (nSPS) is 15.0. The lowest BCUT2D eigenvalue weighted by Crippen LogP contribution is -2.23. The van der Waals surface area contributed by atoms with Crippen LogP contribution in [0.5, 0.6) is 11.5 Å². The predicted molar refractivity (Wildman–Crippen MR) is 103 cm³/mol. The first-order chi connectivity index (χ1) is 13.6. The Morgan fingerprint density at radius 1 is 1.14 bits per heavy atom. The van der Waals surface area contributed by atoms with Gasteiger partial charge in [0.2, 0.25) is 11.9 Å². The van der Waals surface area contributed by atoms with Crippen molar-refractivity contribution in [3.05, 3.63) is 60.4 Å². The standard InChI is InChI=1S/C20H19N5O3/c1-2-17-22-20-23-19(27)16(25(20)24-17)12-18(26)21-13-8-10-15(11-9-13)28-14-6-4-3-5-7-14/h3-11,16H,2,12H2,1H3,(H,21,26)(H,22,23,24,27)/t16-/m1/s1. The second kappa shape index (κ2) is 7.51. The Bertz CT molecular complexity index is 998. The van der Waals surface area contributed by atoms with Crippen molar-refractivity contribution >= 4 is 23.5 Å². The monoisotopic (exact) mass is 377 g/mol. The van der Waals surface area contributed by atoms with Gasteiger partial charge in [0.25, 0.3) is 5.91 Å². The predicted octanol–water partition coefficient (Wildman–Crippen LogP) is 3.15. The quantitative estimate of drug-likeness (QED) is 0.688. The van der Waals surface area contributed by atoms with Crippen LogP contribution < -0.4 is 15.4 Å². The van der Waals surface area contributed by atoms with E-state index in [1.165, 1.54) is 4.68 Å². The van der Waals surface area contributed by atoms with E-state index in [2.05, 4.69) is 20.7 Å². The van der Waals surface area contributed by atoms with Gasteiger partial charge in [-0.25, -0.2) is 4.68 Å². The number of hydrogen-bond acceptors (Lipinski definition) is 5. The fraction of sp³-hybridized carbons (Fsp3) is 0.200. The molecule has 1 aliphatic heterocycles. The molecule has 2 heterocycles. The van der Waals surface area contributed by atoms with Gasteiger partial charge in [-0.15, -0.1) is 0 Å². The van der Waals surface area contributed by atoms with E-state index < -0.39 is 6.04 Å². The van der Waals surface area contributed by atoms with E-state index in [1.54, 1.807) is 24.3 Å². The highest BCUT2D eigenvalue weighted by molar-refractivity contribution is 6.00.